The predicted octanol–water partition coefficient (Wildman–Crippen LogP) is 6.58. The largest absolute Gasteiger partial charge is 0.392 e. The van der Waals surface area contributed by atoms with Gasteiger partial charge in [0.15, 0.2) is 6.29 Å². The lowest BCUT2D eigenvalue weighted by atomic mass is 9.97. The van der Waals surface area contributed by atoms with Crippen LogP contribution in [0.15, 0.2) is 97.1 Å². The van der Waals surface area contributed by atoms with Gasteiger partial charge in [0, 0.05) is 81.9 Å². The van der Waals surface area contributed by atoms with Crippen molar-refractivity contribution in [1.82, 2.24) is 15.7 Å². The van der Waals surface area contributed by atoms with E-state index in [1.807, 2.05) is 66.7 Å². The van der Waals surface area contributed by atoms with Crippen molar-refractivity contribution >= 4 is 23.2 Å². The molecule has 3 atom stereocenters. The minimum atomic E-state index is -0.590. The number of anilines is 1. The van der Waals surface area contributed by atoms with Crippen molar-refractivity contribution in [3.05, 3.63) is 129 Å². The number of unbranched alkanes of at least 4 members (excludes halogenated alkanes) is 3. The summed E-state index contributed by atoms with van der Waals surface area (Å²) in [5, 5.41) is 32.4. The van der Waals surface area contributed by atoms with Crippen LogP contribution in [0.3, 0.4) is 0 Å². The zero-order valence-electron chi connectivity index (χ0n) is 31.6. The van der Waals surface area contributed by atoms with Gasteiger partial charge in [0.05, 0.1) is 23.7 Å². The second-order valence-electron chi connectivity index (χ2n) is 14.4. The molecule has 2 amide bonds. The molecule has 2 fully saturated rings. The molecular formula is C43H51N5O8. The van der Waals surface area contributed by atoms with E-state index >= 15 is 0 Å². The molecule has 2 aliphatic heterocycles. The molecular weight excluding hydrogens is 714 g/mol. The number of nitro groups is 1. The van der Waals surface area contributed by atoms with Crippen molar-refractivity contribution in [2.45, 2.75) is 76.6 Å². The Hall–Kier alpha value is -5.18. The number of nitro benzene ring substituents is 1. The molecule has 6 rings (SSSR count). The summed E-state index contributed by atoms with van der Waals surface area (Å²) in [6.07, 6.45) is 3.54. The number of hydrogen-bond acceptors (Lipinski definition) is 10. The molecule has 13 nitrogen and oxygen atoms in total. The standard InChI is InChI=1S/C43H51N5O8/c49-30-31-11-13-33(14-12-31)40-27-38(29-46-23-25-47(26-24-46)36-19-21-37(22-20-36)48(53)54)55-43(56-40)34-17-15-32(16-18-34)39-8-6-5-7-35(39)28-44-41(50)9-3-1-2-4-10-42(51)45-52/h5-8,11-22,38,40,43,49,52H,1-4,9-10,23-30H2,(H,44,50)(H,45,51)/t38-,40+,43+/m0/s1. The maximum Gasteiger partial charge on any atom is 0.269 e. The zero-order chi connectivity index (χ0) is 39.3. The lowest BCUT2D eigenvalue weighted by Gasteiger charge is -2.41. The van der Waals surface area contributed by atoms with Gasteiger partial charge in [0.25, 0.3) is 5.69 Å². The van der Waals surface area contributed by atoms with E-state index < -0.39 is 12.2 Å². The van der Waals surface area contributed by atoms with E-state index in [2.05, 4.69) is 33.3 Å². The van der Waals surface area contributed by atoms with Crippen molar-refractivity contribution in [2.75, 3.05) is 37.6 Å². The zero-order valence-corrected chi connectivity index (χ0v) is 31.6. The van der Waals surface area contributed by atoms with Crippen LogP contribution in [0.1, 0.15) is 79.6 Å². The Morgan fingerprint density at radius 3 is 2.11 bits per heavy atom. The van der Waals surface area contributed by atoms with E-state index in [0.717, 1.165) is 91.1 Å². The molecule has 56 heavy (non-hydrogen) atoms. The van der Waals surface area contributed by atoms with Crippen LogP contribution >= 0.6 is 0 Å². The summed E-state index contributed by atoms with van der Waals surface area (Å²) in [5.74, 6) is -0.408. The Morgan fingerprint density at radius 1 is 0.786 bits per heavy atom. The number of amides is 2. The molecule has 0 aromatic heterocycles. The van der Waals surface area contributed by atoms with Gasteiger partial charge in [-0.15, -0.1) is 0 Å². The number of hydroxylamine groups is 1. The molecule has 4 aromatic carbocycles. The van der Waals surface area contributed by atoms with Crippen molar-refractivity contribution in [1.29, 1.82) is 0 Å². The number of hydrogen-bond donors (Lipinski definition) is 4. The van der Waals surface area contributed by atoms with E-state index in [4.69, 9.17) is 14.7 Å². The van der Waals surface area contributed by atoms with E-state index in [-0.39, 0.29) is 41.8 Å². The quantitative estimate of drug-likeness (QED) is 0.0399. The maximum atomic E-state index is 12.6. The van der Waals surface area contributed by atoms with Gasteiger partial charge >= 0.3 is 0 Å². The third kappa shape index (κ3) is 11.2. The number of piperazine rings is 1. The highest BCUT2D eigenvalue weighted by Crippen LogP contribution is 2.39. The highest BCUT2D eigenvalue weighted by Gasteiger charge is 2.34. The Bertz CT molecular complexity index is 1880. The number of ether oxygens (including phenoxy) is 2. The van der Waals surface area contributed by atoms with Gasteiger partial charge < -0.3 is 24.8 Å². The summed E-state index contributed by atoms with van der Waals surface area (Å²) >= 11 is 0. The van der Waals surface area contributed by atoms with Crippen LogP contribution in [-0.4, -0.2) is 70.8 Å². The molecule has 2 saturated heterocycles. The molecule has 2 heterocycles. The normalized spacial score (nSPS) is 18.7. The Kier molecular flexibility index (Phi) is 14.5. The monoisotopic (exact) mass is 765 g/mol. The van der Waals surface area contributed by atoms with Gasteiger partial charge in [-0.2, -0.15) is 0 Å². The molecule has 4 aromatic rings. The second kappa shape index (κ2) is 20.1. The van der Waals surface area contributed by atoms with E-state index in [9.17, 15) is 24.8 Å². The van der Waals surface area contributed by atoms with Crippen LogP contribution in [0.5, 0.6) is 0 Å². The lowest BCUT2D eigenvalue weighted by molar-refractivity contribution is -0.384. The summed E-state index contributed by atoms with van der Waals surface area (Å²) < 4.78 is 13.3. The van der Waals surface area contributed by atoms with Gasteiger partial charge in [-0.3, -0.25) is 29.8 Å². The summed E-state index contributed by atoms with van der Waals surface area (Å²) in [6, 6.07) is 30.8. The number of carbonyl (C=O) groups is 2. The van der Waals surface area contributed by atoms with Crippen LogP contribution in [0.25, 0.3) is 11.1 Å². The first-order valence-electron chi connectivity index (χ1n) is 19.4. The number of rotatable bonds is 17. The lowest BCUT2D eigenvalue weighted by Crippen LogP contribution is -2.49. The fourth-order valence-electron chi connectivity index (χ4n) is 7.33. The van der Waals surface area contributed by atoms with Crippen molar-refractivity contribution < 1.29 is 34.3 Å². The fraction of sp³-hybridized carbons (Fsp3) is 0.395. The van der Waals surface area contributed by atoms with Crippen LogP contribution < -0.4 is 15.7 Å². The summed E-state index contributed by atoms with van der Waals surface area (Å²) in [6.45, 7) is 4.39. The van der Waals surface area contributed by atoms with E-state index in [0.29, 0.717) is 25.8 Å². The summed E-state index contributed by atoms with van der Waals surface area (Å²) in [7, 11) is 0. The molecule has 296 valence electrons. The molecule has 0 radical (unpaired) electrons. The number of non-ortho nitro benzene ring substituents is 1. The number of aliphatic hydroxyl groups excluding tert-OH is 1. The first kappa shape index (κ1) is 40.5. The molecule has 13 heteroatoms. The van der Waals surface area contributed by atoms with E-state index in [1.54, 1.807) is 17.6 Å². The Morgan fingerprint density at radius 2 is 1.45 bits per heavy atom. The second-order valence-corrected chi connectivity index (χ2v) is 14.4. The first-order valence-corrected chi connectivity index (χ1v) is 19.4. The Labute approximate surface area is 327 Å². The molecule has 0 unspecified atom stereocenters. The fourth-order valence-corrected chi connectivity index (χ4v) is 7.33. The molecule has 0 bridgehead atoms. The van der Waals surface area contributed by atoms with Gasteiger partial charge in [0.2, 0.25) is 11.8 Å². The van der Waals surface area contributed by atoms with Crippen LogP contribution in [0.4, 0.5) is 11.4 Å². The van der Waals surface area contributed by atoms with Crippen LogP contribution in [0, 0.1) is 10.1 Å². The molecule has 2 aliphatic rings. The van der Waals surface area contributed by atoms with Crippen molar-refractivity contribution in [3.63, 3.8) is 0 Å². The Balaban J connectivity index is 1.07. The predicted molar refractivity (Wildman–Crippen MR) is 212 cm³/mol. The van der Waals surface area contributed by atoms with Crippen LogP contribution in [-0.2, 0) is 32.2 Å². The van der Waals surface area contributed by atoms with E-state index in [1.165, 1.54) is 0 Å². The molecule has 0 spiro atoms. The van der Waals surface area contributed by atoms with Gasteiger partial charge in [0.1, 0.15) is 0 Å². The number of nitrogens with zero attached hydrogens (tertiary/aromatic N) is 3. The summed E-state index contributed by atoms with van der Waals surface area (Å²) in [4.78, 5) is 39.1. The van der Waals surface area contributed by atoms with Crippen LogP contribution in [0.2, 0.25) is 0 Å². The number of carbonyl (C=O) groups excluding carboxylic acids is 2. The minimum absolute atomic E-state index is 0.0173. The first-order chi connectivity index (χ1) is 27.3. The minimum Gasteiger partial charge on any atom is -0.392 e. The number of nitrogens with one attached hydrogen (secondary N) is 2. The maximum absolute atomic E-state index is 12.6. The number of benzene rings is 4. The highest BCUT2D eigenvalue weighted by molar-refractivity contribution is 5.76. The third-order valence-corrected chi connectivity index (χ3v) is 10.5. The smallest absolute Gasteiger partial charge is 0.269 e. The SMILES string of the molecule is O=C(CCCCCCC(=O)NCc1ccccc1-c1ccc([C@@H]2O[C@H](CN3CCN(c4ccc([N+](=O)[O-])cc4)CC3)C[C@H](c3ccc(CO)cc3)O2)cc1)NO. The van der Waals surface area contributed by atoms with Gasteiger partial charge in [-0.1, -0.05) is 85.6 Å². The summed E-state index contributed by atoms with van der Waals surface area (Å²) in [5.41, 5.74) is 8.53. The van der Waals surface area contributed by atoms with Crippen molar-refractivity contribution in [3.8, 4) is 11.1 Å². The van der Waals surface area contributed by atoms with Gasteiger partial charge in [-0.05, 0) is 52.8 Å². The molecule has 0 aliphatic carbocycles. The molecule has 4 N–H and O–H groups in total. The topological polar surface area (TPSA) is 167 Å². The average molecular weight is 766 g/mol. The highest BCUT2D eigenvalue weighted by atomic mass is 16.7. The third-order valence-electron chi connectivity index (χ3n) is 10.5. The molecule has 0 saturated carbocycles. The van der Waals surface area contributed by atoms with Crippen molar-refractivity contribution in [2.24, 2.45) is 0 Å². The average Bonchev–Trinajstić information content (AvgIpc) is 3.24. The number of aliphatic hydroxyl groups is 1. The van der Waals surface area contributed by atoms with Gasteiger partial charge in [-0.25, -0.2) is 5.48 Å².